The Morgan fingerprint density at radius 1 is 1.09 bits per heavy atom. The summed E-state index contributed by atoms with van der Waals surface area (Å²) in [5, 5.41) is 7.75. The smallest absolute Gasteiger partial charge is 0.171 e. The van der Waals surface area contributed by atoms with Crippen LogP contribution in [0.2, 0.25) is 5.02 Å². The van der Waals surface area contributed by atoms with E-state index in [1.54, 1.807) is 0 Å². The van der Waals surface area contributed by atoms with Crippen LogP contribution in [-0.4, -0.2) is 5.11 Å². The molecule has 0 heterocycles. The molecule has 0 spiro atoms. The van der Waals surface area contributed by atoms with Gasteiger partial charge < -0.3 is 10.6 Å². The van der Waals surface area contributed by atoms with Crippen LogP contribution in [0.4, 0.5) is 5.69 Å². The van der Waals surface area contributed by atoms with Crippen molar-refractivity contribution in [2.75, 3.05) is 5.32 Å². The van der Waals surface area contributed by atoms with Crippen molar-refractivity contribution in [1.29, 1.82) is 0 Å². The van der Waals surface area contributed by atoms with E-state index >= 15 is 0 Å². The molecule has 0 aliphatic rings. The van der Waals surface area contributed by atoms with E-state index in [1.165, 1.54) is 5.56 Å². The van der Waals surface area contributed by atoms with Gasteiger partial charge in [0.05, 0.1) is 0 Å². The van der Waals surface area contributed by atoms with Crippen LogP contribution in [0.1, 0.15) is 37.3 Å². The van der Waals surface area contributed by atoms with Crippen molar-refractivity contribution in [3.05, 3.63) is 64.7 Å². The first kappa shape index (κ1) is 16.8. The number of hydrogen-bond acceptors (Lipinski definition) is 1. The number of halogens is 1. The molecule has 1 unspecified atom stereocenters. The van der Waals surface area contributed by atoms with Crippen LogP contribution >= 0.6 is 23.8 Å². The van der Waals surface area contributed by atoms with E-state index in [1.807, 2.05) is 24.3 Å². The molecule has 2 rings (SSSR count). The Balaban J connectivity index is 1.85. The standard InChI is InChI=1S/C18H21ClN2S/c1-3-13(2)15-6-10-17(11-7-15)21-18(22)20-12-14-4-8-16(19)9-5-14/h4-11,13H,3,12H2,1-2H3,(H2,20,21,22). The third kappa shape index (κ3) is 5.00. The molecule has 2 aromatic carbocycles. The van der Waals surface area contributed by atoms with Gasteiger partial charge in [-0.3, -0.25) is 0 Å². The van der Waals surface area contributed by atoms with E-state index in [-0.39, 0.29) is 0 Å². The molecule has 4 heteroatoms. The summed E-state index contributed by atoms with van der Waals surface area (Å²) >= 11 is 11.2. The fourth-order valence-corrected chi connectivity index (χ4v) is 2.41. The van der Waals surface area contributed by atoms with Gasteiger partial charge in [-0.25, -0.2) is 0 Å². The Bertz CT molecular complexity index is 608. The minimum Gasteiger partial charge on any atom is -0.358 e. The van der Waals surface area contributed by atoms with Crippen LogP contribution in [0.25, 0.3) is 0 Å². The zero-order valence-corrected chi connectivity index (χ0v) is 14.5. The van der Waals surface area contributed by atoms with Crippen LogP contribution in [-0.2, 0) is 6.54 Å². The monoisotopic (exact) mass is 332 g/mol. The zero-order valence-electron chi connectivity index (χ0n) is 12.9. The lowest BCUT2D eigenvalue weighted by Gasteiger charge is -2.13. The molecule has 1 atom stereocenters. The van der Waals surface area contributed by atoms with Gasteiger partial charge in [-0.05, 0) is 59.9 Å². The van der Waals surface area contributed by atoms with E-state index < -0.39 is 0 Å². The fourth-order valence-electron chi connectivity index (χ4n) is 2.09. The average molecular weight is 333 g/mol. The third-order valence-electron chi connectivity index (χ3n) is 3.72. The van der Waals surface area contributed by atoms with Gasteiger partial charge in [-0.15, -0.1) is 0 Å². The van der Waals surface area contributed by atoms with E-state index in [4.69, 9.17) is 23.8 Å². The maximum Gasteiger partial charge on any atom is 0.171 e. The van der Waals surface area contributed by atoms with Crippen molar-refractivity contribution < 1.29 is 0 Å². The number of rotatable bonds is 5. The highest BCUT2D eigenvalue weighted by Crippen LogP contribution is 2.20. The Morgan fingerprint density at radius 3 is 2.32 bits per heavy atom. The molecule has 2 nitrogen and oxygen atoms in total. The molecule has 0 fully saturated rings. The first-order valence-electron chi connectivity index (χ1n) is 7.47. The van der Waals surface area contributed by atoms with Gasteiger partial charge in [0.2, 0.25) is 0 Å². The molecular formula is C18H21ClN2S. The van der Waals surface area contributed by atoms with Gasteiger partial charge in [0, 0.05) is 17.3 Å². The number of benzene rings is 2. The van der Waals surface area contributed by atoms with Crippen molar-refractivity contribution in [2.24, 2.45) is 0 Å². The predicted molar refractivity (Wildman–Crippen MR) is 99.7 cm³/mol. The minimum atomic E-state index is 0.587. The molecule has 2 aromatic rings. The molecule has 0 amide bonds. The summed E-state index contributed by atoms with van der Waals surface area (Å²) in [7, 11) is 0. The van der Waals surface area contributed by atoms with Gasteiger partial charge >= 0.3 is 0 Å². The summed E-state index contributed by atoms with van der Waals surface area (Å²) in [5.74, 6) is 0.587. The number of hydrogen-bond donors (Lipinski definition) is 2. The van der Waals surface area contributed by atoms with Crippen molar-refractivity contribution in [3.8, 4) is 0 Å². The molecular weight excluding hydrogens is 312 g/mol. The third-order valence-corrected chi connectivity index (χ3v) is 4.21. The molecule has 22 heavy (non-hydrogen) atoms. The lowest BCUT2D eigenvalue weighted by atomic mass is 9.99. The average Bonchev–Trinajstić information content (AvgIpc) is 2.54. The summed E-state index contributed by atoms with van der Waals surface area (Å²) in [4.78, 5) is 0. The van der Waals surface area contributed by atoms with Crippen molar-refractivity contribution in [2.45, 2.75) is 32.7 Å². The van der Waals surface area contributed by atoms with Gasteiger partial charge in [0.15, 0.2) is 5.11 Å². The van der Waals surface area contributed by atoms with Crippen molar-refractivity contribution >= 4 is 34.6 Å². The maximum atomic E-state index is 5.87. The Kier molecular flexibility index (Phi) is 6.22. The maximum absolute atomic E-state index is 5.87. The molecule has 0 aromatic heterocycles. The second-order valence-corrected chi connectivity index (χ2v) is 6.21. The van der Waals surface area contributed by atoms with Gasteiger partial charge in [-0.1, -0.05) is 49.7 Å². The summed E-state index contributed by atoms with van der Waals surface area (Å²) in [6.07, 6.45) is 1.15. The van der Waals surface area contributed by atoms with Crippen LogP contribution in [0.3, 0.4) is 0 Å². The molecule has 0 aliphatic carbocycles. The first-order chi connectivity index (χ1) is 10.6. The van der Waals surface area contributed by atoms with E-state index in [9.17, 15) is 0 Å². The SMILES string of the molecule is CCC(C)c1ccc(NC(=S)NCc2ccc(Cl)cc2)cc1. The van der Waals surface area contributed by atoms with Crippen molar-refractivity contribution in [1.82, 2.24) is 5.32 Å². The number of anilines is 1. The molecule has 0 bridgehead atoms. The highest BCUT2D eigenvalue weighted by molar-refractivity contribution is 7.80. The first-order valence-corrected chi connectivity index (χ1v) is 8.26. The molecule has 0 radical (unpaired) electrons. The second kappa shape index (κ2) is 8.16. The van der Waals surface area contributed by atoms with Gasteiger partial charge in [0.25, 0.3) is 0 Å². The molecule has 0 aliphatic heterocycles. The number of nitrogens with one attached hydrogen (secondary N) is 2. The second-order valence-electron chi connectivity index (χ2n) is 5.37. The summed E-state index contributed by atoms with van der Waals surface area (Å²) in [6, 6.07) is 16.2. The lowest BCUT2D eigenvalue weighted by molar-refractivity contribution is 0.734. The fraction of sp³-hybridized carbons (Fsp3) is 0.278. The lowest BCUT2D eigenvalue weighted by Crippen LogP contribution is -2.27. The Hall–Kier alpha value is -1.58. The zero-order chi connectivity index (χ0) is 15.9. The normalized spacial score (nSPS) is 11.8. The topological polar surface area (TPSA) is 24.1 Å². The summed E-state index contributed by atoms with van der Waals surface area (Å²) in [5.41, 5.74) is 3.49. The van der Waals surface area contributed by atoms with E-state index in [0.29, 0.717) is 17.6 Å². The van der Waals surface area contributed by atoms with Crippen LogP contribution in [0.15, 0.2) is 48.5 Å². The Labute approximate surface area is 142 Å². The largest absolute Gasteiger partial charge is 0.358 e. The predicted octanol–water partition coefficient (Wildman–Crippen LogP) is 5.34. The molecule has 0 saturated heterocycles. The highest BCUT2D eigenvalue weighted by atomic mass is 35.5. The molecule has 2 N–H and O–H groups in total. The van der Waals surface area contributed by atoms with E-state index in [0.717, 1.165) is 22.7 Å². The van der Waals surface area contributed by atoms with Crippen LogP contribution < -0.4 is 10.6 Å². The quantitative estimate of drug-likeness (QED) is 0.723. The molecule has 0 saturated carbocycles. The Morgan fingerprint density at radius 2 is 1.73 bits per heavy atom. The summed E-state index contributed by atoms with van der Waals surface area (Å²) in [6.45, 7) is 5.11. The number of thiocarbonyl (C=S) groups is 1. The highest BCUT2D eigenvalue weighted by Gasteiger charge is 2.03. The summed E-state index contributed by atoms with van der Waals surface area (Å²) < 4.78 is 0. The molecule has 116 valence electrons. The van der Waals surface area contributed by atoms with Crippen LogP contribution in [0.5, 0.6) is 0 Å². The minimum absolute atomic E-state index is 0.587. The van der Waals surface area contributed by atoms with Crippen LogP contribution in [0, 0.1) is 0 Å². The van der Waals surface area contributed by atoms with E-state index in [2.05, 4.69) is 48.7 Å². The van der Waals surface area contributed by atoms with Crippen molar-refractivity contribution in [3.63, 3.8) is 0 Å². The van der Waals surface area contributed by atoms with Gasteiger partial charge in [-0.2, -0.15) is 0 Å². The van der Waals surface area contributed by atoms with Gasteiger partial charge in [0.1, 0.15) is 0 Å².